The molecular formula is C16H22FN3. The molecular weight excluding hydrogens is 253 g/mol. The van der Waals surface area contributed by atoms with Gasteiger partial charge in [-0.15, -0.1) is 0 Å². The average molecular weight is 275 g/mol. The zero-order chi connectivity index (χ0) is 14.7. The van der Waals surface area contributed by atoms with Gasteiger partial charge in [0.1, 0.15) is 5.82 Å². The van der Waals surface area contributed by atoms with Gasteiger partial charge in [0.2, 0.25) is 5.95 Å². The lowest BCUT2D eigenvalue weighted by molar-refractivity contribution is 0.523. The number of aryl methyl sites for hydroxylation is 1. The van der Waals surface area contributed by atoms with Gasteiger partial charge in [-0.05, 0) is 25.8 Å². The largest absolute Gasteiger partial charge is 0.349 e. The molecule has 1 heterocycles. The van der Waals surface area contributed by atoms with Gasteiger partial charge in [0.25, 0.3) is 0 Å². The molecule has 1 N–H and O–H groups in total. The smallest absolute Gasteiger partial charge is 0.203 e. The summed E-state index contributed by atoms with van der Waals surface area (Å²) in [6, 6.07) is 6.72. The van der Waals surface area contributed by atoms with E-state index in [9.17, 15) is 4.39 Å². The molecule has 0 saturated heterocycles. The number of benzene rings is 1. The summed E-state index contributed by atoms with van der Waals surface area (Å²) in [7, 11) is 0. The number of hydrogen-bond acceptors (Lipinski definition) is 2. The van der Waals surface area contributed by atoms with Crippen LogP contribution < -0.4 is 5.32 Å². The maximum atomic E-state index is 13.8. The summed E-state index contributed by atoms with van der Waals surface area (Å²) >= 11 is 0. The summed E-state index contributed by atoms with van der Waals surface area (Å²) in [5.41, 5.74) is 1.62. The number of halogens is 1. The molecule has 4 heteroatoms. The van der Waals surface area contributed by atoms with Crippen LogP contribution in [0.1, 0.15) is 38.1 Å². The Morgan fingerprint density at radius 3 is 2.60 bits per heavy atom. The summed E-state index contributed by atoms with van der Waals surface area (Å²) < 4.78 is 15.9. The van der Waals surface area contributed by atoms with Gasteiger partial charge < -0.3 is 9.88 Å². The molecule has 2 rings (SSSR count). The number of aromatic nitrogens is 2. The van der Waals surface area contributed by atoms with Crippen molar-refractivity contribution in [3.05, 3.63) is 47.5 Å². The molecule has 0 aliphatic rings. The Morgan fingerprint density at radius 1 is 1.25 bits per heavy atom. The van der Waals surface area contributed by atoms with Crippen LogP contribution in [0.15, 0.2) is 30.5 Å². The number of hydrogen-bond donors (Lipinski definition) is 1. The first-order valence-corrected chi connectivity index (χ1v) is 7.02. The number of nitrogens with zero attached hydrogens (tertiary/aromatic N) is 2. The maximum absolute atomic E-state index is 13.8. The molecule has 0 bridgehead atoms. The second kappa shape index (κ2) is 6.07. The minimum atomic E-state index is -0.189. The lowest BCUT2D eigenvalue weighted by atomic mass is 10.1. The lowest BCUT2D eigenvalue weighted by Gasteiger charge is -2.17. The van der Waals surface area contributed by atoms with Crippen molar-refractivity contribution in [1.82, 2.24) is 9.55 Å². The number of nitrogens with one attached hydrogen (secondary N) is 1. The molecule has 20 heavy (non-hydrogen) atoms. The summed E-state index contributed by atoms with van der Waals surface area (Å²) in [5, 5.41) is 3.31. The van der Waals surface area contributed by atoms with Crippen LogP contribution in [0.4, 0.5) is 10.3 Å². The normalized spacial score (nSPS) is 12.7. The van der Waals surface area contributed by atoms with E-state index in [1.165, 1.54) is 6.07 Å². The van der Waals surface area contributed by atoms with Crippen molar-refractivity contribution in [3.63, 3.8) is 0 Å². The third kappa shape index (κ3) is 3.38. The van der Waals surface area contributed by atoms with Crippen molar-refractivity contribution < 1.29 is 4.39 Å². The molecule has 0 spiro atoms. The summed E-state index contributed by atoms with van der Waals surface area (Å²) in [6.45, 7) is 9.14. The third-order valence-electron chi connectivity index (χ3n) is 3.18. The SMILES string of the molecule is Cc1cn(CC(C)C)c(NC(C)c2ccccc2F)n1. The Hall–Kier alpha value is -1.84. The van der Waals surface area contributed by atoms with E-state index in [-0.39, 0.29) is 11.9 Å². The minimum absolute atomic E-state index is 0.121. The van der Waals surface area contributed by atoms with E-state index >= 15 is 0 Å². The highest BCUT2D eigenvalue weighted by Gasteiger charge is 2.14. The quantitative estimate of drug-likeness (QED) is 0.888. The number of anilines is 1. The summed E-state index contributed by atoms with van der Waals surface area (Å²) in [4.78, 5) is 4.49. The number of rotatable bonds is 5. The van der Waals surface area contributed by atoms with Crippen molar-refractivity contribution in [1.29, 1.82) is 0 Å². The molecule has 1 unspecified atom stereocenters. The monoisotopic (exact) mass is 275 g/mol. The van der Waals surface area contributed by atoms with Crippen LogP contribution in [-0.4, -0.2) is 9.55 Å². The molecule has 1 aromatic heterocycles. The summed E-state index contributed by atoms with van der Waals surface area (Å²) in [6.07, 6.45) is 2.02. The lowest BCUT2D eigenvalue weighted by Crippen LogP contribution is -2.14. The standard InChI is InChI=1S/C16H22FN3/c1-11(2)9-20-10-12(3)18-16(20)19-13(4)14-7-5-6-8-15(14)17/h5-8,10-11,13H,9H2,1-4H3,(H,18,19). The molecule has 0 radical (unpaired) electrons. The molecule has 0 aliphatic carbocycles. The predicted octanol–water partition coefficient (Wildman–Crippen LogP) is 4.16. The first kappa shape index (κ1) is 14.6. The van der Waals surface area contributed by atoms with Gasteiger partial charge >= 0.3 is 0 Å². The van der Waals surface area contributed by atoms with Crippen LogP contribution in [0.3, 0.4) is 0 Å². The average Bonchev–Trinajstić information content (AvgIpc) is 2.68. The van der Waals surface area contributed by atoms with E-state index in [2.05, 4.69) is 28.7 Å². The van der Waals surface area contributed by atoms with Crippen LogP contribution in [-0.2, 0) is 6.54 Å². The third-order valence-corrected chi connectivity index (χ3v) is 3.18. The van der Waals surface area contributed by atoms with Crippen molar-refractivity contribution in [2.45, 2.75) is 40.3 Å². The van der Waals surface area contributed by atoms with Gasteiger partial charge in [0.15, 0.2) is 0 Å². The van der Waals surface area contributed by atoms with E-state index in [0.717, 1.165) is 18.2 Å². The highest BCUT2D eigenvalue weighted by molar-refractivity contribution is 5.34. The van der Waals surface area contributed by atoms with E-state index in [1.807, 2.05) is 26.1 Å². The zero-order valence-corrected chi connectivity index (χ0v) is 12.5. The molecule has 0 fully saturated rings. The first-order valence-electron chi connectivity index (χ1n) is 7.02. The van der Waals surface area contributed by atoms with Crippen LogP contribution in [0.25, 0.3) is 0 Å². The second-order valence-electron chi connectivity index (χ2n) is 5.64. The minimum Gasteiger partial charge on any atom is -0.349 e. The Bertz CT molecular complexity index is 575. The van der Waals surface area contributed by atoms with E-state index < -0.39 is 0 Å². The molecule has 3 nitrogen and oxygen atoms in total. The first-order chi connectivity index (χ1) is 9.47. The number of imidazole rings is 1. The van der Waals surface area contributed by atoms with E-state index in [1.54, 1.807) is 12.1 Å². The molecule has 1 atom stereocenters. The van der Waals surface area contributed by atoms with Gasteiger partial charge in [-0.1, -0.05) is 32.0 Å². The summed E-state index contributed by atoms with van der Waals surface area (Å²) in [5.74, 6) is 1.14. The fourth-order valence-electron chi connectivity index (χ4n) is 2.29. The van der Waals surface area contributed by atoms with Crippen LogP contribution in [0.5, 0.6) is 0 Å². The molecule has 0 aliphatic heterocycles. The Labute approximate surface area is 119 Å². The molecule has 108 valence electrons. The van der Waals surface area contributed by atoms with Gasteiger partial charge in [-0.3, -0.25) is 0 Å². The van der Waals surface area contributed by atoms with Gasteiger partial charge in [-0.2, -0.15) is 0 Å². The Kier molecular flexibility index (Phi) is 4.42. The maximum Gasteiger partial charge on any atom is 0.203 e. The molecule has 0 amide bonds. The predicted molar refractivity (Wildman–Crippen MR) is 80.2 cm³/mol. The van der Waals surface area contributed by atoms with Crippen LogP contribution in [0, 0.1) is 18.7 Å². The highest BCUT2D eigenvalue weighted by Crippen LogP contribution is 2.21. The van der Waals surface area contributed by atoms with Gasteiger partial charge in [-0.25, -0.2) is 9.37 Å². The van der Waals surface area contributed by atoms with Gasteiger partial charge in [0.05, 0.1) is 11.7 Å². The van der Waals surface area contributed by atoms with Crippen molar-refractivity contribution in [2.24, 2.45) is 5.92 Å². The molecule has 1 aromatic carbocycles. The molecule has 0 saturated carbocycles. The molecule has 2 aromatic rings. The van der Waals surface area contributed by atoms with E-state index in [4.69, 9.17) is 0 Å². The van der Waals surface area contributed by atoms with Crippen molar-refractivity contribution in [3.8, 4) is 0 Å². The van der Waals surface area contributed by atoms with Crippen molar-refractivity contribution in [2.75, 3.05) is 5.32 Å². The zero-order valence-electron chi connectivity index (χ0n) is 12.5. The van der Waals surface area contributed by atoms with Gasteiger partial charge in [0, 0.05) is 18.3 Å². The van der Waals surface area contributed by atoms with Crippen LogP contribution in [0.2, 0.25) is 0 Å². The van der Waals surface area contributed by atoms with E-state index in [0.29, 0.717) is 11.5 Å². The van der Waals surface area contributed by atoms with Crippen molar-refractivity contribution >= 4 is 5.95 Å². The Morgan fingerprint density at radius 2 is 1.95 bits per heavy atom. The highest BCUT2D eigenvalue weighted by atomic mass is 19.1. The fourth-order valence-corrected chi connectivity index (χ4v) is 2.29. The topological polar surface area (TPSA) is 29.9 Å². The fraction of sp³-hybridized carbons (Fsp3) is 0.438. The Balaban J connectivity index is 2.19. The second-order valence-corrected chi connectivity index (χ2v) is 5.64. The van der Waals surface area contributed by atoms with Crippen LogP contribution >= 0.6 is 0 Å².